The van der Waals surface area contributed by atoms with Crippen LogP contribution in [0.25, 0.3) is 0 Å². The number of aliphatic carboxylic acids is 1. The number of nitrogens with one attached hydrogen (secondary N) is 1. The quantitative estimate of drug-likeness (QED) is 0.632. The SMILES string of the molecule is Cc1nc(N)sc1C(=O)NCCCCCCC(=O)O. The molecule has 1 rings (SSSR count). The van der Waals surface area contributed by atoms with Crippen molar-refractivity contribution in [3.8, 4) is 0 Å². The topological polar surface area (TPSA) is 105 Å². The summed E-state index contributed by atoms with van der Waals surface area (Å²) in [5.74, 6) is -0.899. The summed E-state index contributed by atoms with van der Waals surface area (Å²) in [5, 5.41) is 11.7. The van der Waals surface area contributed by atoms with E-state index in [1.807, 2.05) is 0 Å². The van der Waals surface area contributed by atoms with Crippen molar-refractivity contribution in [3.63, 3.8) is 0 Å². The molecule has 0 atom stereocenters. The third-order valence-corrected chi connectivity index (χ3v) is 3.61. The van der Waals surface area contributed by atoms with Crippen molar-refractivity contribution in [3.05, 3.63) is 10.6 Å². The summed E-state index contributed by atoms with van der Waals surface area (Å²) < 4.78 is 0. The van der Waals surface area contributed by atoms with Crippen LogP contribution in [0.5, 0.6) is 0 Å². The van der Waals surface area contributed by atoms with Crippen LogP contribution in [0.1, 0.15) is 47.5 Å². The first-order valence-corrected chi connectivity index (χ1v) is 7.05. The molecule has 0 aliphatic heterocycles. The maximum absolute atomic E-state index is 11.8. The molecule has 19 heavy (non-hydrogen) atoms. The van der Waals surface area contributed by atoms with Gasteiger partial charge in [-0.15, -0.1) is 0 Å². The van der Waals surface area contributed by atoms with Gasteiger partial charge in [-0.2, -0.15) is 0 Å². The number of hydrogen-bond donors (Lipinski definition) is 3. The first kappa shape index (κ1) is 15.4. The largest absolute Gasteiger partial charge is 0.481 e. The molecule has 0 aliphatic rings. The lowest BCUT2D eigenvalue weighted by Gasteiger charge is -2.03. The highest BCUT2D eigenvalue weighted by atomic mass is 32.1. The number of anilines is 1. The smallest absolute Gasteiger partial charge is 0.303 e. The molecule has 0 spiro atoms. The summed E-state index contributed by atoms with van der Waals surface area (Å²) in [4.78, 5) is 26.6. The Morgan fingerprint density at radius 3 is 2.58 bits per heavy atom. The van der Waals surface area contributed by atoms with Crippen LogP contribution >= 0.6 is 11.3 Å². The number of rotatable bonds is 8. The van der Waals surface area contributed by atoms with Crippen molar-refractivity contribution in [2.24, 2.45) is 0 Å². The lowest BCUT2D eigenvalue weighted by atomic mass is 10.1. The number of amides is 1. The van der Waals surface area contributed by atoms with Gasteiger partial charge in [0, 0.05) is 13.0 Å². The molecule has 7 heteroatoms. The zero-order valence-corrected chi connectivity index (χ0v) is 11.8. The van der Waals surface area contributed by atoms with Gasteiger partial charge in [0.2, 0.25) is 0 Å². The number of aryl methyl sites for hydroxylation is 1. The first-order valence-electron chi connectivity index (χ1n) is 6.23. The van der Waals surface area contributed by atoms with E-state index in [4.69, 9.17) is 10.8 Å². The molecule has 0 saturated carbocycles. The van der Waals surface area contributed by atoms with E-state index >= 15 is 0 Å². The lowest BCUT2D eigenvalue weighted by Crippen LogP contribution is -2.24. The molecule has 106 valence electrons. The predicted molar refractivity (Wildman–Crippen MR) is 74.3 cm³/mol. The number of carbonyl (C=O) groups excluding carboxylic acids is 1. The molecule has 0 bridgehead atoms. The monoisotopic (exact) mass is 285 g/mol. The summed E-state index contributed by atoms with van der Waals surface area (Å²) in [6, 6.07) is 0. The van der Waals surface area contributed by atoms with E-state index in [9.17, 15) is 9.59 Å². The number of nitrogens with two attached hydrogens (primary N) is 1. The maximum Gasteiger partial charge on any atom is 0.303 e. The van der Waals surface area contributed by atoms with Crippen LogP contribution in [0.4, 0.5) is 5.13 Å². The van der Waals surface area contributed by atoms with Gasteiger partial charge in [0.1, 0.15) is 4.88 Å². The molecule has 6 nitrogen and oxygen atoms in total. The molecule has 0 fully saturated rings. The number of carbonyl (C=O) groups is 2. The Labute approximate surface area is 116 Å². The summed E-state index contributed by atoms with van der Waals surface area (Å²) in [7, 11) is 0. The van der Waals surface area contributed by atoms with E-state index < -0.39 is 5.97 Å². The van der Waals surface area contributed by atoms with Gasteiger partial charge >= 0.3 is 5.97 Å². The Balaban J connectivity index is 2.14. The van der Waals surface area contributed by atoms with E-state index in [0.29, 0.717) is 28.7 Å². The Bertz CT molecular complexity index is 445. The van der Waals surface area contributed by atoms with E-state index in [1.165, 1.54) is 11.3 Å². The van der Waals surface area contributed by atoms with Gasteiger partial charge < -0.3 is 16.2 Å². The summed E-state index contributed by atoms with van der Waals surface area (Å²) in [5.41, 5.74) is 6.18. The number of hydrogen-bond acceptors (Lipinski definition) is 5. The second-order valence-corrected chi connectivity index (χ2v) is 5.31. The molecular formula is C12H19N3O3S. The highest BCUT2D eigenvalue weighted by Gasteiger charge is 2.13. The lowest BCUT2D eigenvalue weighted by molar-refractivity contribution is -0.137. The molecule has 0 unspecified atom stereocenters. The number of carboxylic acids is 1. The minimum absolute atomic E-state index is 0.141. The molecule has 1 aromatic heterocycles. The van der Waals surface area contributed by atoms with Crippen LogP contribution in [0.3, 0.4) is 0 Å². The van der Waals surface area contributed by atoms with Gasteiger partial charge in [-0.1, -0.05) is 24.2 Å². The standard InChI is InChI=1S/C12H19N3O3S/c1-8-10(19-12(13)15-8)11(18)14-7-5-3-2-4-6-9(16)17/h2-7H2,1H3,(H2,13,15)(H,14,18)(H,16,17). The number of carboxylic acid groups (broad SMARTS) is 1. The summed E-state index contributed by atoms with van der Waals surface area (Å²) >= 11 is 1.19. The third-order valence-electron chi connectivity index (χ3n) is 2.62. The summed E-state index contributed by atoms with van der Waals surface area (Å²) in [6.07, 6.45) is 3.53. The molecule has 1 heterocycles. The second-order valence-electron chi connectivity index (χ2n) is 4.28. The Kier molecular flexibility index (Phi) is 6.27. The van der Waals surface area contributed by atoms with Crippen LogP contribution in [-0.2, 0) is 4.79 Å². The van der Waals surface area contributed by atoms with E-state index in [1.54, 1.807) is 6.92 Å². The van der Waals surface area contributed by atoms with Gasteiger partial charge in [0.05, 0.1) is 5.69 Å². The molecule has 1 amide bonds. The van der Waals surface area contributed by atoms with Crippen molar-refractivity contribution in [2.45, 2.75) is 39.0 Å². The molecule has 0 saturated heterocycles. The average molecular weight is 285 g/mol. The van der Waals surface area contributed by atoms with Crippen LogP contribution in [0.2, 0.25) is 0 Å². The molecule has 0 radical (unpaired) electrons. The van der Waals surface area contributed by atoms with Crippen molar-refractivity contribution in [2.75, 3.05) is 12.3 Å². The normalized spacial score (nSPS) is 10.4. The van der Waals surface area contributed by atoms with Crippen molar-refractivity contribution in [1.82, 2.24) is 10.3 Å². The molecule has 1 aromatic rings. The van der Waals surface area contributed by atoms with Crippen LogP contribution in [0, 0.1) is 6.92 Å². The van der Waals surface area contributed by atoms with Gasteiger partial charge in [-0.3, -0.25) is 9.59 Å². The fourth-order valence-electron chi connectivity index (χ4n) is 1.66. The maximum atomic E-state index is 11.8. The number of nitrogens with zero attached hydrogens (tertiary/aromatic N) is 1. The first-order chi connectivity index (χ1) is 9.00. The second kappa shape index (κ2) is 7.73. The molecule has 0 aliphatic carbocycles. The van der Waals surface area contributed by atoms with E-state index in [2.05, 4.69) is 10.3 Å². The Morgan fingerprint density at radius 2 is 2.00 bits per heavy atom. The number of unbranched alkanes of at least 4 members (excludes halogenated alkanes) is 3. The third kappa shape index (κ3) is 5.69. The number of aromatic nitrogens is 1. The van der Waals surface area contributed by atoms with Crippen LogP contribution in [-0.4, -0.2) is 28.5 Å². The van der Waals surface area contributed by atoms with Crippen molar-refractivity contribution in [1.29, 1.82) is 0 Å². The average Bonchev–Trinajstić information content (AvgIpc) is 2.66. The zero-order chi connectivity index (χ0) is 14.3. The molecule has 4 N–H and O–H groups in total. The van der Waals surface area contributed by atoms with E-state index in [-0.39, 0.29) is 12.3 Å². The number of nitrogen functional groups attached to an aromatic ring is 1. The Hall–Kier alpha value is -1.63. The fourth-order valence-corrected chi connectivity index (χ4v) is 2.41. The Morgan fingerprint density at radius 1 is 1.32 bits per heavy atom. The minimum atomic E-state index is -0.758. The molecular weight excluding hydrogens is 266 g/mol. The minimum Gasteiger partial charge on any atom is -0.481 e. The van der Waals surface area contributed by atoms with Gasteiger partial charge in [-0.25, -0.2) is 4.98 Å². The van der Waals surface area contributed by atoms with Crippen molar-refractivity contribution >= 4 is 28.3 Å². The highest BCUT2D eigenvalue weighted by molar-refractivity contribution is 7.17. The number of thiazole rings is 1. The summed E-state index contributed by atoms with van der Waals surface area (Å²) in [6.45, 7) is 2.34. The highest BCUT2D eigenvalue weighted by Crippen LogP contribution is 2.19. The van der Waals surface area contributed by atoms with Gasteiger partial charge in [-0.05, 0) is 19.8 Å². The van der Waals surface area contributed by atoms with E-state index in [0.717, 1.165) is 19.3 Å². The van der Waals surface area contributed by atoms with Crippen molar-refractivity contribution < 1.29 is 14.7 Å². The molecule has 0 aromatic carbocycles. The predicted octanol–water partition coefficient (Wildman–Crippen LogP) is 1.80. The van der Waals surface area contributed by atoms with Crippen LogP contribution < -0.4 is 11.1 Å². The fraction of sp³-hybridized carbons (Fsp3) is 0.583. The van der Waals surface area contributed by atoms with Gasteiger partial charge in [0.15, 0.2) is 5.13 Å². The van der Waals surface area contributed by atoms with Gasteiger partial charge in [0.25, 0.3) is 5.91 Å². The zero-order valence-electron chi connectivity index (χ0n) is 10.9. The van der Waals surface area contributed by atoms with Crippen LogP contribution in [0.15, 0.2) is 0 Å².